The average Bonchev–Trinajstić information content (AvgIpc) is 3.31. The molecule has 0 atom stereocenters. The fourth-order valence-corrected chi connectivity index (χ4v) is 3.90. The van der Waals surface area contributed by atoms with Crippen LogP contribution < -0.4 is 0 Å². The molecule has 1 fully saturated rings. The highest BCUT2D eigenvalue weighted by molar-refractivity contribution is 7.07. The van der Waals surface area contributed by atoms with E-state index in [0.717, 1.165) is 62.0 Å². The van der Waals surface area contributed by atoms with E-state index in [4.69, 9.17) is 4.42 Å². The normalized spacial score (nSPS) is 16.2. The highest BCUT2D eigenvalue weighted by atomic mass is 32.1. The van der Waals surface area contributed by atoms with Crippen molar-refractivity contribution >= 4 is 11.3 Å². The maximum atomic E-state index is 13.8. The standard InChI is InChI=1S/C20H22FN3OS/c1-15-18(3-2-4-19(15)21)20-6-5-17(25-20)12-24-9-7-23(8-10-24)11-16-13-26-14-22-16/h2-6,13-14H,7-12H2,1H3. The predicted molar refractivity (Wildman–Crippen MR) is 102 cm³/mol. The molecule has 136 valence electrons. The number of nitrogens with zero attached hydrogens (tertiary/aromatic N) is 3. The molecular formula is C20H22FN3OS. The van der Waals surface area contributed by atoms with Crippen LogP contribution in [0.25, 0.3) is 11.3 Å². The number of thiazole rings is 1. The first kappa shape index (κ1) is 17.4. The van der Waals surface area contributed by atoms with Crippen molar-refractivity contribution in [1.29, 1.82) is 0 Å². The monoisotopic (exact) mass is 371 g/mol. The molecule has 4 nitrogen and oxygen atoms in total. The number of piperazine rings is 1. The van der Waals surface area contributed by atoms with E-state index in [2.05, 4.69) is 20.2 Å². The SMILES string of the molecule is Cc1c(F)cccc1-c1ccc(CN2CCN(Cc3cscn3)CC2)o1. The molecule has 0 bridgehead atoms. The van der Waals surface area contributed by atoms with E-state index in [1.807, 2.05) is 23.7 Å². The van der Waals surface area contributed by atoms with Crippen molar-refractivity contribution in [2.75, 3.05) is 26.2 Å². The molecule has 0 radical (unpaired) electrons. The Morgan fingerprint density at radius 2 is 1.85 bits per heavy atom. The van der Waals surface area contributed by atoms with Gasteiger partial charge in [-0.2, -0.15) is 0 Å². The van der Waals surface area contributed by atoms with Crippen LogP contribution in [0.4, 0.5) is 4.39 Å². The van der Waals surface area contributed by atoms with Gasteiger partial charge in [-0.05, 0) is 30.7 Å². The van der Waals surface area contributed by atoms with Crippen molar-refractivity contribution in [1.82, 2.24) is 14.8 Å². The quantitative estimate of drug-likeness (QED) is 0.674. The lowest BCUT2D eigenvalue weighted by Gasteiger charge is -2.33. The van der Waals surface area contributed by atoms with Crippen molar-refractivity contribution in [2.24, 2.45) is 0 Å². The molecule has 2 aromatic heterocycles. The Hall–Kier alpha value is -2.02. The van der Waals surface area contributed by atoms with Gasteiger partial charge in [-0.15, -0.1) is 11.3 Å². The lowest BCUT2D eigenvalue weighted by Crippen LogP contribution is -2.45. The molecule has 0 N–H and O–H groups in total. The van der Waals surface area contributed by atoms with Crippen LogP contribution in [0, 0.1) is 12.7 Å². The van der Waals surface area contributed by atoms with E-state index < -0.39 is 0 Å². The Labute approximate surface area is 156 Å². The van der Waals surface area contributed by atoms with Crippen LogP contribution in [0.1, 0.15) is 17.0 Å². The Morgan fingerprint density at radius 1 is 1.08 bits per heavy atom. The van der Waals surface area contributed by atoms with E-state index in [-0.39, 0.29) is 5.82 Å². The number of aromatic nitrogens is 1. The minimum Gasteiger partial charge on any atom is -0.460 e. The molecule has 3 heterocycles. The Balaban J connectivity index is 1.34. The number of hydrogen-bond donors (Lipinski definition) is 0. The Morgan fingerprint density at radius 3 is 2.58 bits per heavy atom. The molecule has 0 spiro atoms. The molecule has 26 heavy (non-hydrogen) atoms. The summed E-state index contributed by atoms with van der Waals surface area (Å²) in [5.41, 5.74) is 4.50. The van der Waals surface area contributed by atoms with Crippen LogP contribution in [-0.4, -0.2) is 41.0 Å². The third kappa shape index (κ3) is 3.87. The van der Waals surface area contributed by atoms with Crippen molar-refractivity contribution < 1.29 is 8.81 Å². The van der Waals surface area contributed by atoms with Gasteiger partial charge in [-0.1, -0.05) is 12.1 Å². The van der Waals surface area contributed by atoms with Gasteiger partial charge < -0.3 is 4.42 Å². The van der Waals surface area contributed by atoms with Gasteiger partial charge in [-0.25, -0.2) is 9.37 Å². The molecule has 0 saturated carbocycles. The number of furan rings is 1. The highest BCUT2D eigenvalue weighted by Gasteiger charge is 2.19. The van der Waals surface area contributed by atoms with Crippen LogP contribution in [-0.2, 0) is 13.1 Å². The van der Waals surface area contributed by atoms with Crippen LogP contribution in [0.15, 0.2) is 45.6 Å². The van der Waals surface area contributed by atoms with Gasteiger partial charge >= 0.3 is 0 Å². The summed E-state index contributed by atoms with van der Waals surface area (Å²) in [6, 6.07) is 9.05. The van der Waals surface area contributed by atoms with Gasteiger partial charge in [0, 0.05) is 43.7 Å². The van der Waals surface area contributed by atoms with E-state index in [1.54, 1.807) is 24.3 Å². The van der Waals surface area contributed by atoms with E-state index >= 15 is 0 Å². The van der Waals surface area contributed by atoms with Crippen molar-refractivity contribution in [3.05, 3.63) is 64.1 Å². The van der Waals surface area contributed by atoms with Crippen LogP contribution >= 0.6 is 11.3 Å². The molecule has 1 saturated heterocycles. The summed E-state index contributed by atoms with van der Waals surface area (Å²) in [4.78, 5) is 9.20. The Bertz CT molecular complexity index is 854. The van der Waals surface area contributed by atoms with E-state index in [1.165, 1.54) is 6.07 Å². The highest BCUT2D eigenvalue weighted by Crippen LogP contribution is 2.27. The smallest absolute Gasteiger partial charge is 0.134 e. The van der Waals surface area contributed by atoms with Gasteiger partial charge in [-0.3, -0.25) is 9.80 Å². The van der Waals surface area contributed by atoms with Gasteiger partial charge in [0.15, 0.2) is 0 Å². The van der Waals surface area contributed by atoms with Gasteiger partial charge in [0.25, 0.3) is 0 Å². The fourth-order valence-electron chi connectivity index (χ4n) is 3.35. The number of benzene rings is 1. The summed E-state index contributed by atoms with van der Waals surface area (Å²) in [7, 11) is 0. The molecule has 1 aliphatic heterocycles. The van der Waals surface area contributed by atoms with Gasteiger partial charge in [0.05, 0.1) is 17.7 Å². The molecule has 3 aromatic rings. The lowest BCUT2D eigenvalue weighted by molar-refractivity contribution is 0.115. The van der Waals surface area contributed by atoms with Crippen LogP contribution in [0.3, 0.4) is 0 Å². The summed E-state index contributed by atoms with van der Waals surface area (Å²) in [5.74, 6) is 1.47. The van der Waals surface area contributed by atoms with Gasteiger partial charge in [0.1, 0.15) is 17.3 Å². The Kier molecular flexibility index (Phi) is 5.15. The number of hydrogen-bond acceptors (Lipinski definition) is 5. The first-order chi connectivity index (χ1) is 12.7. The molecule has 0 amide bonds. The van der Waals surface area contributed by atoms with Crippen LogP contribution in [0.5, 0.6) is 0 Å². The van der Waals surface area contributed by atoms with E-state index in [0.29, 0.717) is 5.56 Å². The molecule has 4 rings (SSSR count). The summed E-state index contributed by atoms with van der Waals surface area (Å²) in [6.07, 6.45) is 0. The summed E-state index contributed by atoms with van der Waals surface area (Å²) in [5, 5.41) is 2.12. The summed E-state index contributed by atoms with van der Waals surface area (Å²) in [6.45, 7) is 7.61. The summed E-state index contributed by atoms with van der Waals surface area (Å²) < 4.78 is 19.7. The number of rotatable bonds is 5. The van der Waals surface area contributed by atoms with Crippen LogP contribution in [0.2, 0.25) is 0 Å². The first-order valence-corrected chi connectivity index (χ1v) is 9.79. The topological polar surface area (TPSA) is 32.5 Å². The molecule has 1 aliphatic rings. The van der Waals surface area contributed by atoms with Crippen molar-refractivity contribution in [2.45, 2.75) is 20.0 Å². The van der Waals surface area contributed by atoms with Gasteiger partial charge in [0.2, 0.25) is 0 Å². The van der Waals surface area contributed by atoms with Crippen molar-refractivity contribution in [3.63, 3.8) is 0 Å². The average molecular weight is 371 g/mol. The van der Waals surface area contributed by atoms with Crippen molar-refractivity contribution in [3.8, 4) is 11.3 Å². The maximum absolute atomic E-state index is 13.8. The second-order valence-electron chi connectivity index (χ2n) is 6.71. The number of halogens is 1. The molecular weight excluding hydrogens is 349 g/mol. The second-order valence-corrected chi connectivity index (χ2v) is 7.43. The maximum Gasteiger partial charge on any atom is 0.134 e. The predicted octanol–water partition coefficient (Wildman–Crippen LogP) is 4.17. The third-order valence-electron chi connectivity index (χ3n) is 4.91. The second kappa shape index (κ2) is 7.70. The molecule has 0 unspecified atom stereocenters. The zero-order chi connectivity index (χ0) is 17.9. The zero-order valence-corrected chi connectivity index (χ0v) is 15.6. The minimum atomic E-state index is -0.198. The first-order valence-electron chi connectivity index (χ1n) is 8.85. The minimum absolute atomic E-state index is 0.198. The summed E-state index contributed by atoms with van der Waals surface area (Å²) >= 11 is 1.65. The lowest BCUT2D eigenvalue weighted by atomic mass is 10.1. The molecule has 1 aromatic carbocycles. The largest absolute Gasteiger partial charge is 0.460 e. The molecule has 0 aliphatic carbocycles. The fraction of sp³-hybridized carbons (Fsp3) is 0.350. The third-order valence-corrected chi connectivity index (χ3v) is 5.54. The molecule has 6 heteroatoms. The zero-order valence-electron chi connectivity index (χ0n) is 14.8. The van der Waals surface area contributed by atoms with E-state index in [9.17, 15) is 4.39 Å².